The second-order valence-corrected chi connectivity index (χ2v) is 5.82. The summed E-state index contributed by atoms with van der Waals surface area (Å²) in [7, 11) is 0. The van der Waals surface area contributed by atoms with Crippen LogP contribution < -0.4 is 16.4 Å². The molecule has 0 amide bonds. The van der Waals surface area contributed by atoms with Crippen LogP contribution in [0.3, 0.4) is 0 Å². The zero-order valence-corrected chi connectivity index (χ0v) is 14.0. The lowest BCUT2D eigenvalue weighted by Gasteiger charge is -2.12. The van der Waals surface area contributed by atoms with Crippen molar-refractivity contribution in [1.82, 2.24) is 15.0 Å². The highest BCUT2D eigenvalue weighted by molar-refractivity contribution is 6.30. The number of anilines is 4. The van der Waals surface area contributed by atoms with Crippen molar-refractivity contribution >= 4 is 46.3 Å². The number of rotatable bonds is 5. The molecule has 122 valence electrons. The number of nitrogens with zero attached hydrogens (tertiary/aromatic N) is 3. The van der Waals surface area contributed by atoms with Crippen molar-refractivity contribution in [2.75, 3.05) is 16.4 Å². The molecule has 6 nitrogen and oxygen atoms in total. The molecule has 0 fully saturated rings. The maximum atomic E-state index is 6.12. The van der Waals surface area contributed by atoms with Gasteiger partial charge in [-0.25, -0.2) is 15.0 Å². The lowest BCUT2D eigenvalue weighted by molar-refractivity contribution is 1.08. The Morgan fingerprint density at radius 1 is 0.875 bits per heavy atom. The van der Waals surface area contributed by atoms with Crippen molar-refractivity contribution in [3.05, 3.63) is 64.5 Å². The third kappa shape index (κ3) is 4.04. The van der Waals surface area contributed by atoms with E-state index in [0.29, 0.717) is 39.7 Å². The maximum Gasteiger partial charge on any atom is 0.160 e. The number of pyridine rings is 1. The smallest absolute Gasteiger partial charge is 0.160 e. The molecule has 4 N–H and O–H groups in total. The van der Waals surface area contributed by atoms with Gasteiger partial charge in [-0.1, -0.05) is 35.3 Å². The fourth-order valence-corrected chi connectivity index (χ4v) is 2.23. The van der Waals surface area contributed by atoms with Crippen molar-refractivity contribution < 1.29 is 0 Å². The predicted octanol–water partition coefficient (Wildman–Crippen LogP) is 4.12. The van der Waals surface area contributed by atoms with Gasteiger partial charge in [-0.05, 0) is 29.8 Å². The Kier molecular flexibility index (Phi) is 4.98. The Morgan fingerprint density at radius 2 is 1.58 bits per heavy atom. The van der Waals surface area contributed by atoms with Gasteiger partial charge in [0.05, 0.1) is 5.02 Å². The van der Waals surface area contributed by atoms with E-state index >= 15 is 0 Å². The van der Waals surface area contributed by atoms with Crippen LogP contribution in [0.25, 0.3) is 0 Å². The third-order valence-corrected chi connectivity index (χ3v) is 3.71. The Hall–Kier alpha value is -2.57. The molecule has 0 saturated heterocycles. The summed E-state index contributed by atoms with van der Waals surface area (Å²) in [5, 5.41) is 7.48. The van der Waals surface area contributed by atoms with Gasteiger partial charge in [-0.2, -0.15) is 0 Å². The zero-order valence-electron chi connectivity index (χ0n) is 12.5. The van der Waals surface area contributed by atoms with Crippen molar-refractivity contribution in [2.45, 2.75) is 6.54 Å². The van der Waals surface area contributed by atoms with E-state index in [0.717, 1.165) is 5.56 Å². The van der Waals surface area contributed by atoms with E-state index < -0.39 is 0 Å². The molecule has 0 aliphatic rings. The lowest BCUT2D eigenvalue weighted by Crippen LogP contribution is -2.08. The minimum atomic E-state index is 0.406. The van der Waals surface area contributed by atoms with Gasteiger partial charge in [0.1, 0.15) is 17.8 Å². The monoisotopic (exact) mass is 360 g/mol. The molecule has 0 spiro atoms. The number of benzene rings is 1. The molecular weight excluding hydrogens is 347 g/mol. The lowest BCUT2D eigenvalue weighted by atomic mass is 10.2. The fourth-order valence-electron chi connectivity index (χ4n) is 2.00. The van der Waals surface area contributed by atoms with E-state index in [2.05, 4.69) is 25.6 Å². The highest BCUT2D eigenvalue weighted by Gasteiger charge is 2.09. The molecule has 24 heavy (non-hydrogen) atoms. The largest absolute Gasteiger partial charge is 0.393 e. The first-order valence-electron chi connectivity index (χ1n) is 7.09. The molecule has 1 aromatic carbocycles. The molecule has 0 aliphatic heterocycles. The van der Waals surface area contributed by atoms with Crippen LogP contribution in [0.4, 0.5) is 23.1 Å². The molecule has 8 heteroatoms. The number of nitrogens with one attached hydrogen (secondary N) is 2. The average Bonchev–Trinajstić information content (AvgIpc) is 2.59. The van der Waals surface area contributed by atoms with E-state index in [1.54, 1.807) is 18.3 Å². The topological polar surface area (TPSA) is 88.8 Å². The van der Waals surface area contributed by atoms with E-state index in [1.165, 1.54) is 6.33 Å². The van der Waals surface area contributed by atoms with Crippen LogP contribution in [-0.4, -0.2) is 15.0 Å². The van der Waals surface area contributed by atoms with Gasteiger partial charge >= 0.3 is 0 Å². The summed E-state index contributed by atoms with van der Waals surface area (Å²) in [5.74, 6) is 1.60. The van der Waals surface area contributed by atoms with Crippen LogP contribution in [0, 0.1) is 0 Å². The van der Waals surface area contributed by atoms with Crippen molar-refractivity contribution in [3.63, 3.8) is 0 Å². The van der Waals surface area contributed by atoms with Crippen LogP contribution in [0.5, 0.6) is 0 Å². The number of hydrogen-bond donors (Lipinski definition) is 3. The van der Waals surface area contributed by atoms with E-state index in [1.807, 2.05) is 24.3 Å². The minimum absolute atomic E-state index is 0.406. The summed E-state index contributed by atoms with van der Waals surface area (Å²) in [6, 6.07) is 11.0. The second kappa shape index (κ2) is 7.33. The van der Waals surface area contributed by atoms with Gasteiger partial charge in [0.2, 0.25) is 0 Å². The van der Waals surface area contributed by atoms with Crippen molar-refractivity contribution in [3.8, 4) is 0 Å². The first kappa shape index (κ1) is 16.3. The molecule has 2 aromatic heterocycles. The molecule has 3 aromatic rings. The molecule has 0 atom stereocenters. The molecule has 0 aliphatic carbocycles. The number of nitrogen functional groups attached to an aromatic ring is 1. The van der Waals surface area contributed by atoms with E-state index in [4.69, 9.17) is 28.9 Å². The van der Waals surface area contributed by atoms with E-state index in [-0.39, 0.29) is 0 Å². The fraction of sp³-hybridized carbons (Fsp3) is 0.0625. The first-order valence-corrected chi connectivity index (χ1v) is 7.85. The number of hydrogen-bond acceptors (Lipinski definition) is 6. The highest BCUT2D eigenvalue weighted by atomic mass is 35.5. The van der Waals surface area contributed by atoms with Crippen LogP contribution in [-0.2, 0) is 6.54 Å². The standard InChI is InChI=1S/C16H14Cl2N6/c17-11-3-1-10(2-4-11)7-21-15-14(19)16(23-9-22-15)24-13-6-5-12(18)8-20-13/h1-6,8-9H,7,19H2,(H2,20,21,22,23,24). The number of halogens is 2. The maximum absolute atomic E-state index is 6.12. The molecule has 3 rings (SSSR count). The first-order chi connectivity index (χ1) is 11.6. The second-order valence-electron chi connectivity index (χ2n) is 4.95. The minimum Gasteiger partial charge on any atom is -0.393 e. The van der Waals surface area contributed by atoms with Crippen molar-refractivity contribution in [2.24, 2.45) is 0 Å². The molecular formula is C16H14Cl2N6. The summed E-state index contributed by atoms with van der Waals surface area (Å²) in [6.45, 7) is 0.566. The molecule has 2 heterocycles. The SMILES string of the molecule is Nc1c(NCc2ccc(Cl)cc2)ncnc1Nc1ccc(Cl)cn1. The summed E-state index contributed by atoms with van der Waals surface area (Å²) < 4.78 is 0. The summed E-state index contributed by atoms with van der Waals surface area (Å²) in [4.78, 5) is 12.5. The van der Waals surface area contributed by atoms with Crippen LogP contribution in [0.15, 0.2) is 48.9 Å². The van der Waals surface area contributed by atoms with Gasteiger partial charge in [0.25, 0.3) is 0 Å². The summed E-state index contributed by atoms with van der Waals surface area (Å²) in [6.07, 6.45) is 2.97. The van der Waals surface area contributed by atoms with Crippen LogP contribution in [0.1, 0.15) is 5.56 Å². The number of aromatic nitrogens is 3. The molecule has 0 radical (unpaired) electrons. The van der Waals surface area contributed by atoms with Gasteiger partial charge in [-0.3, -0.25) is 0 Å². The third-order valence-electron chi connectivity index (χ3n) is 3.23. The van der Waals surface area contributed by atoms with Gasteiger partial charge in [-0.15, -0.1) is 0 Å². The summed E-state index contributed by atoms with van der Waals surface area (Å²) in [5.41, 5.74) is 7.59. The Bertz CT molecular complexity index is 821. The van der Waals surface area contributed by atoms with E-state index in [9.17, 15) is 0 Å². The average molecular weight is 361 g/mol. The normalized spacial score (nSPS) is 10.4. The Labute approximate surface area is 149 Å². The zero-order chi connectivity index (χ0) is 16.9. The van der Waals surface area contributed by atoms with Gasteiger partial charge in [0, 0.05) is 17.8 Å². The van der Waals surface area contributed by atoms with Gasteiger partial charge < -0.3 is 16.4 Å². The molecule has 0 bridgehead atoms. The molecule has 0 saturated carbocycles. The van der Waals surface area contributed by atoms with Crippen molar-refractivity contribution in [1.29, 1.82) is 0 Å². The van der Waals surface area contributed by atoms with Crippen LogP contribution >= 0.6 is 23.2 Å². The number of nitrogens with two attached hydrogens (primary N) is 1. The Morgan fingerprint density at radius 3 is 2.29 bits per heavy atom. The quantitative estimate of drug-likeness (QED) is 0.634. The predicted molar refractivity (Wildman–Crippen MR) is 97.8 cm³/mol. The van der Waals surface area contributed by atoms with Gasteiger partial charge in [0.15, 0.2) is 11.6 Å². The molecule has 0 unspecified atom stereocenters. The highest BCUT2D eigenvalue weighted by Crippen LogP contribution is 2.25. The summed E-state index contributed by atoms with van der Waals surface area (Å²) >= 11 is 11.7. The van der Waals surface area contributed by atoms with Crippen LogP contribution in [0.2, 0.25) is 10.0 Å². The Balaban J connectivity index is 1.72.